The summed E-state index contributed by atoms with van der Waals surface area (Å²) in [6.45, 7) is 1.38. The van der Waals surface area contributed by atoms with Gasteiger partial charge in [-0.3, -0.25) is 9.78 Å². The molecule has 1 aliphatic rings. The first-order chi connectivity index (χ1) is 12.3. The van der Waals surface area contributed by atoms with Crippen LogP contribution in [0, 0.1) is 0 Å². The molecule has 0 bridgehead atoms. The van der Waals surface area contributed by atoms with E-state index in [2.05, 4.69) is 38.4 Å². The standard InChI is InChI=1S/C20H18N4O/c25-20(23-13-15-4-3-10-21-12-15)18-8-7-17(14-22-18)24-11-9-16-5-1-2-6-19(16)24/h1-8,10,12,14H,9,11,13H2,(H,23,25). The molecule has 0 spiro atoms. The third-order valence-corrected chi connectivity index (χ3v) is 4.36. The van der Waals surface area contributed by atoms with Crippen molar-refractivity contribution in [2.75, 3.05) is 11.4 Å². The minimum absolute atomic E-state index is 0.183. The van der Waals surface area contributed by atoms with E-state index in [-0.39, 0.29) is 5.91 Å². The fourth-order valence-electron chi connectivity index (χ4n) is 3.06. The van der Waals surface area contributed by atoms with Crippen molar-refractivity contribution in [3.8, 4) is 0 Å². The van der Waals surface area contributed by atoms with Crippen LogP contribution in [0.15, 0.2) is 67.1 Å². The number of pyridine rings is 2. The Bertz CT molecular complexity index is 878. The van der Waals surface area contributed by atoms with Gasteiger partial charge in [-0.25, -0.2) is 4.98 Å². The fraction of sp³-hybridized carbons (Fsp3) is 0.150. The summed E-state index contributed by atoms with van der Waals surface area (Å²) in [6, 6.07) is 15.9. The first-order valence-corrected chi connectivity index (χ1v) is 8.30. The van der Waals surface area contributed by atoms with Gasteiger partial charge in [0.05, 0.1) is 11.9 Å². The number of rotatable bonds is 4. The largest absolute Gasteiger partial charge is 0.347 e. The first-order valence-electron chi connectivity index (χ1n) is 8.30. The van der Waals surface area contributed by atoms with E-state index in [1.807, 2.05) is 24.3 Å². The summed E-state index contributed by atoms with van der Waals surface area (Å²) in [5, 5.41) is 2.86. The van der Waals surface area contributed by atoms with Crippen LogP contribution in [0.1, 0.15) is 21.6 Å². The minimum atomic E-state index is -0.183. The number of carbonyl (C=O) groups excluding carboxylic acids is 1. The SMILES string of the molecule is O=C(NCc1cccnc1)c1ccc(N2CCc3ccccc32)cn1. The molecule has 124 valence electrons. The molecule has 1 aliphatic heterocycles. The topological polar surface area (TPSA) is 58.1 Å². The number of fused-ring (bicyclic) bond motifs is 1. The highest BCUT2D eigenvalue weighted by Crippen LogP contribution is 2.33. The number of nitrogens with one attached hydrogen (secondary N) is 1. The number of benzene rings is 1. The molecule has 1 N–H and O–H groups in total. The Labute approximate surface area is 146 Å². The van der Waals surface area contributed by atoms with Gasteiger partial charge in [0, 0.05) is 31.2 Å². The summed E-state index contributed by atoms with van der Waals surface area (Å²) in [5.41, 5.74) is 4.95. The molecule has 0 fully saturated rings. The van der Waals surface area contributed by atoms with Gasteiger partial charge in [-0.1, -0.05) is 24.3 Å². The zero-order valence-electron chi connectivity index (χ0n) is 13.7. The fourth-order valence-corrected chi connectivity index (χ4v) is 3.06. The highest BCUT2D eigenvalue weighted by molar-refractivity contribution is 5.92. The maximum Gasteiger partial charge on any atom is 0.270 e. The van der Waals surface area contributed by atoms with Gasteiger partial charge < -0.3 is 10.2 Å². The summed E-state index contributed by atoms with van der Waals surface area (Å²) >= 11 is 0. The van der Waals surface area contributed by atoms with Crippen molar-refractivity contribution >= 4 is 17.3 Å². The highest BCUT2D eigenvalue weighted by Gasteiger charge is 2.20. The van der Waals surface area contributed by atoms with Crippen LogP contribution < -0.4 is 10.2 Å². The van der Waals surface area contributed by atoms with Crippen molar-refractivity contribution in [3.63, 3.8) is 0 Å². The van der Waals surface area contributed by atoms with Gasteiger partial charge in [0.15, 0.2) is 0 Å². The monoisotopic (exact) mass is 330 g/mol. The number of hydrogen-bond acceptors (Lipinski definition) is 4. The van der Waals surface area contributed by atoms with Gasteiger partial charge in [0.25, 0.3) is 5.91 Å². The zero-order chi connectivity index (χ0) is 17.1. The summed E-state index contributed by atoms with van der Waals surface area (Å²) in [5.74, 6) is -0.183. The normalized spacial score (nSPS) is 12.7. The summed E-state index contributed by atoms with van der Waals surface area (Å²) in [4.78, 5) is 22.9. The van der Waals surface area contributed by atoms with Crippen LogP contribution in [-0.2, 0) is 13.0 Å². The second-order valence-electron chi connectivity index (χ2n) is 5.98. The second-order valence-corrected chi connectivity index (χ2v) is 5.98. The summed E-state index contributed by atoms with van der Waals surface area (Å²) in [6.07, 6.45) is 6.24. The van der Waals surface area contributed by atoms with Crippen LogP contribution in [0.2, 0.25) is 0 Å². The third-order valence-electron chi connectivity index (χ3n) is 4.36. The van der Waals surface area contributed by atoms with Gasteiger partial charge in [-0.05, 0) is 41.8 Å². The van der Waals surface area contributed by atoms with Crippen LogP contribution in [0.4, 0.5) is 11.4 Å². The van der Waals surface area contributed by atoms with Crippen LogP contribution in [0.3, 0.4) is 0 Å². The maximum absolute atomic E-state index is 12.2. The van der Waals surface area contributed by atoms with E-state index in [4.69, 9.17) is 0 Å². The molecule has 1 amide bonds. The first kappa shape index (κ1) is 15.3. The van der Waals surface area contributed by atoms with Crippen LogP contribution in [0.25, 0.3) is 0 Å². The van der Waals surface area contributed by atoms with E-state index in [9.17, 15) is 4.79 Å². The summed E-state index contributed by atoms with van der Waals surface area (Å²) in [7, 11) is 0. The lowest BCUT2D eigenvalue weighted by molar-refractivity contribution is 0.0946. The number of carbonyl (C=O) groups is 1. The van der Waals surface area contributed by atoms with Crippen LogP contribution in [0.5, 0.6) is 0 Å². The third kappa shape index (κ3) is 3.21. The number of nitrogens with zero attached hydrogens (tertiary/aromatic N) is 3. The Balaban J connectivity index is 1.45. The van der Waals surface area contributed by atoms with Crippen molar-refractivity contribution in [1.82, 2.24) is 15.3 Å². The molecule has 5 nitrogen and oxygen atoms in total. The molecule has 0 saturated carbocycles. The predicted octanol–water partition coefficient (Wildman–Crippen LogP) is 3.10. The number of amides is 1. The zero-order valence-corrected chi connectivity index (χ0v) is 13.7. The van der Waals surface area contributed by atoms with Crippen molar-refractivity contribution in [2.24, 2.45) is 0 Å². The molecular formula is C20H18N4O. The molecule has 1 aromatic carbocycles. The highest BCUT2D eigenvalue weighted by atomic mass is 16.1. The van der Waals surface area contributed by atoms with E-state index in [1.54, 1.807) is 24.7 Å². The lowest BCUT2D eigenvalue weighted by atomic mass is 10.2. The Morgan fingerprint density at radius 1 is 1.08 bits per heavy atom. The molecule has 3 heterocycles. The number of para-hydroxylation sites is 1. The lowest BCUT2D eigenvalue weighted by Gasteiger charge is -2.19. The number of hydrogen-bond donors (Lipinski definition) is 1. The van der Waals surface area contributed by atoms with Crippen LogP contribution in [-0.4, -0.2) is 22.4 Å². The van der Waals surface area contributed by atoms with Gasteiger partial charge in [-0.2, -0.15) is 0 Å². The molecule has 2 aromatic heterocycles. The molecule has 0 aliphatic carbocycles. The molecule has 0 unspecified atom stereocenters. The van der Waals surface area contributed by atoms with Crippen molar-refractivity contribution in [1.29, 1.82) is 0 Å². The van der Waals surface area contributed by atoms with Gasteiger partial charge >= 0.3 is 0 Å². The van der Waals surface area contributed by atoms with Crippen LogP contribution >= 0.6 is 0 Å². The molecule has 0 saturated heterocycles. The Morgan fingerprint density at radius 2 is 2.00 bits per heavy atom. The van der Waals surface area contributed by atoms with Gasteiger partial charge in [-0.15, -0.1) is 0 Å². The molecule has 25 heavy (non-hydrogen) atoms. The van der Waals surface area contributed by atoms with E-state index in [0.717, 1.165) is 24.2 Å². The maximum atomic E-state index is 12.2. The molecule has 4 rings (SSSR count). The van der Waals surface area contributed by atoms with E-state index in [1.165, 1.54) is 11.3 Å². The predicted molar refractivity (Wildman–Crippen MR) is 96.8 cm³/mol. The Kier molecular flexibility index (Phi) is 4.12. The van der Waals surface area contributed by atoms with E-state index in [0.29, 0.717) is 12.2 Å². The quantitative estimate of drug-likeness (QED) is 0.798. The van der Waals surface area contributed by atoms with Gasteiger partial charge in [0.2, 0.25) is 0 Å². The number of anilines is 2. The molecule has 3 aromatic rings. The average molecular weight is 330 g/mol. The minimum Gasteiger partial charge on any atom is -0.347 e. The second kappa shape index (κ2) is 6.73. The van der Waals surface area contributed by atoms with E-state index < -0.39 is 0 Å². The average Bonchev–Trinajstić information content (AvgIpc) is 3.11. The Morgan fingerprint density at radius 3 is 2.80 bits per heavy atom. The van der Waals surface area contributed by atoms with Crippen molar-refractivity contribution < 1.29 is 4.79 Å². The van der Waals surface area contributed by atoms with Gasteiger partial charge in [0.1, 0.15) is 5.69 Å². The molecule has 0 atom stereocenters. The molecule has 5 heteroatoms. The lowest BCUT2D eigenvalue weighted by Crippen LogP contribution is -2.24. The van der Waals surface area contributed by atoms with Crippen molar-refractivity contribution in [2.45, 2.75) is 13.0 Å². The number of aromatic nitrogens is 2. The molecular weight excluding hydrogens is 312 g/mol. The molecule has 0 radical (unpaired) electrons. The smallest absolute Gasteiger partial charge is 0.270 e. The van der Waals surface area contributed by atoms with Crippen molar-refractivity contribution in [3.05, 3.63) is 83.9 Å². The summed E-state index contributed by atoms with van der Waals surface area (Å²) < 4.78 is 0. The Hall–Kier alpha value is -3.21. The van der Waals surface area contributed by atoms with E-state index >= 15 is 0 Å².